The van der Waals surface area contributed by atoms with E-state index in [1.807, 2.05) is 43.3 Å². The van der Waals surface area contributed by atoms with E-state index in [9.17, 15) is 0 Å². The smallest absolute Gasteiger partial charge is 0.141 e. The van der Waals surface area contributed by atoms with Crippen molar-refractivity contribution in [1.82, 2.24) is 0 Å². The van der Waals surface area contributed by atoms with Gasteiger partial charge in [0.05, 0.1) is 56.4 Å². The monoisotopic (exact) mass is 598 g/mol. The molecule has 2 aliphatic heterocycles. The molecule has 0 aromatic heterocycles. The molecule has 224 valence electrons. The van der Waals surface area contributed by atoms with E-state index in [0.29, 0.717) is 44.5 Å². The molecule has 0 radical (unpaired) electrons. The van der Waals surface area contributed by atoms with Gasteiger partial charge < -0.3 is 23.7 Å². The van der Waals surface area contributed by atoms with Crippen molar-refractivity contribution in [1.29, 1.82) is 0 Å². The second-order valence-electron chi connectivity index (χ2n) is 11.2. The highest BCUT2D eigenvalue weighted by molar-refractivity contribution is 6.33. The number of ether oxygens (including phenoxy) is 5. The van der Waals surface area contributed by atoms with Crippen LogP contribution in [0, 0.1) is 0 Å². The number of benzene rings is 4. The maximum absolute atomic E-state index is 6.96. The van der Waals surface area contributed by atoms with Crippen molar-refractivity contribution in [2.24, 2.45) is 0 Å². The molecule has 0 N–H and O–H groups in total. The Bertz CT molecular complexity index is 1460. The minimum Gasteiger partial charge on any atom is -0.494 e. The summed E-state index contributed by atoms with van der Waals surface area (Å²) in [5, 5.41) is 0.695. The summed E-state index contributed by atoms with van der Waals surface area (Å²) in [4.78, 5) is 0. The average Bonchev–Trinajstić information content (AvgIpc) is 3.54. The molecule has 4 aromatic carbocycles. The van der Waals surface area contributed by atoms with Gasteiger partial charge in [-0.15, -0.1) is 0 Å². The van der Waals surface area contributed by atoms with E-state index >= 15 is 0 Å². The molecule has 0 amide bonds. The van der Waals surface area contributed by atoms with Gasteiger partial charge in [-0.3, -0.25) is 0 Å². The molecular formula is C37H39ClO5. The van der Waals surface area contributed by atoms with Gasteiger partial charge in [-0.1, -0.05) is 90.5 Å². The van der Waals surface area contributed by atoms with Crippen molar-refractivity contribution in [3.8, 4) is 11.5 Å². The number of hydrogen-bond donors (Lipinski definition) is 0. The van der Waals surface area contributed by atoms with Gasteiger partial charge in [-0.05, 0) is 53.3 Å². The lowest BCUT2D eigenvalue weighted by Gasteiger charge is -2.36. The van der Waals surface area contributed by atoms with Crippen LogP contribution in [-0.4, -0.2) is 32.0 Å². The Morgan fingerprint density at radius 2 is 1.56 bits per heavy atom. The fraction of sp³-hybridized carbons (Fsp3) is 0.351. The molecule has 0 spiro atoms. The van der Waals surface area contributed by atoms with Crippen LogP contribution in [0.25, 0.3) is 0 Å². The standard InChI is InChI=1S/C37H39ClO5/c1-2-40-30-15-13-26(14-16-30)19-29-20-34(33-17-18-41-37(33)36(29)38)35-22-31(42-24-28-11-7-4-8-12-28)21-32(43-35)25-39-23-27-9-5-3-6-10-27/h3-16,20,31-32,35H,2,17-19,21-25H2,1H3. The predicted molar refractivity (Wildman–Crippen MR) is 169 cm³/mol. The molecule has 6 heteroatoms. The van der Waals surface area contributed by atoms with Crippen LogP contribution in [0.15, 0.2) is 91.0 Å². The van der Waals surface area contributed by atoms with Crippen molar-refractivity contribution in [3.05, 3.63) is 129 Å². The van der Waals surface area contributed by atoms with Gasteiger partial charge in [-0.2, -0.15) is 0 Å². The minimum absolute atomic E-state index is 0.0347. The minimum atomic E-state index is -0.147. The number of halogens is 1. The van der Waals surface area contributed by atoms with E-state index in [-0.39, 0.29) is 18.3 Å². The van der Waals surface area contributed by atoms with Crippen LogP contribution in [0.4, 0.5) is 0 Å². The van der Waals surface area contributed by atoms with Crippen LogP contribution in [0.3, 0.4) is 0 Å². The molecule has 4 aromatic rings. The Kier molecular flexibility index (Phi) is 9.96. The van der Waals surface area contributed by atoms with Crippen LogP contribution in [0.2, 0.25) is 5.02 Å². The first-order valence-corrected chi connectivity index (χ1v) is 15.7. The number of fused-ring (bicyclic) bond motifs is 1. The molecule has 0 bridgehead atoms. The fourth-order valence-corrected chi connectivity index (χ4v) is 6.29. The van der Waals surface area contributed by atoms with E-state index in [1.54, 1.807) is 0 Å². The molecule has 5 nitrogen and oxygen atoms in total. The Morgan fingerprint density at radius 3 is 2.28 bits per heavy atom. The molecule has 0 aliphatic carbocycles. The molecule has 3 unspecified atom stereocenters. The first-order chi connectivity index (χ1) is 21.2. The normalized spacial score (nSPS) is 19.5. The lowest BCUT2D eigenvalue weighted by atomic mass is 9.89. The first kappa shape index (κ1) is 29.7. The van der Waals surface area contributed by atoms with Crippen LogP contribution < -0.4 is 9.47 Å². The number of hydrogen-bond acceptors (Lipinski definition) is 5. The summed E-state index contributed by atoms with van der Waals surface area (Å²) in [6.07, 6.45) is 2.85. The zero-order chi connectivity index (χ0) is 29.4. The van der Waals surface area contributed by atoms with Crippen LogP contribution in [0.1, 0.15) is 59.3 Å². The van der Waals surface area contributed by atoms with Crippen molar-refractivity contribution in [2.45, 2.75) is 64.1 Å². The van der Waals surface area contributed by atoms with Gasteiger partial charge in [0.2, 0.25) is 0 Å². The third-order valence-corrected chi connectivity index (χ3v) is 8.53. The molecule has 43 heavy (non-hydrogen) atoms. The maximum atomic E-state index is 6.96. The van der Waals surface area contributed by atoms with Gasteiger partial charge in [-0.25, -0.2) is 0 Å². The Labute approximate surface area is 259 Å². The Balaban J connectivity index is 1.23. The third kappa shape index (κ3) is 7.60. The summed E-state index contributed by atoms with van der Waals surface area (Å²) < 4.78 is 31.2. The van der Waals surface area contributed by atoms with Crippen molar-refractivity contribution in [3.63, 3.8) is 0 Å². The highest BCUT2D eigenvalue weighted by atomic mass is 35.5. The molecule has 2 heterocycles. The molecule has 6 rings (SSSR count). The lowest BCUT2D eigenvalue weighted by Crippen LogP contribution is -2.36. The highest BCUT2D eigenvalue weighted by Gasteiger charge is 2.35. The lowest BCUT2D eigenvalue weighted by molar-refractivity contribution is -0.142. The zero-order valence-electron chi connectivity index (χ0n) is 24.7. The van der Waals surface area contributed by atoms with Gasteiger partial charge in [0, 0.05) is 24.8 Å². The first-order valence-electron chi connectivity index (χ1n) is 15.3. The molecule has 1 fully saturated rings. The van der Waals surface area contributed by atoms with Gasteiger partial charge in [0.25, 0.3) is 0 Å². The second kappa shape index (κ2) is 14.4. The van der Waals surface area contributed by atoms with Crippen LogP contribution in [0.5, 0.6) is 11.5 Å². The fourth-order valence-electron chi connectivity index (χ4n) is 6.00. The topological polar surface area (TPSA) is 46.2 Å². The molecule has 2 aliphatic rings. The van der Waals surface area contributed by atoms with E-state index in [1.165, 1.54) is 5.56 Å². The quantitative estimate of drug-likeness (QED) is 0.164. The van der Waals surface area contributed by atoms with E-state index in [0.717, 1.165) is 58.6 Å². The van der Waals surface area contributed by atoms with Gasteiger partial charge in [0.1, 0.15) is 11.5 Å². The van der Waals surface area contributed by atoms with Gasteiger partial charge in [0.15, 0.2) is 0 Å². The van der Waals surface area contributed by atoms with E-state index in [2.05, 4.69) is 54.6 Å². The predicted octanol–water partition coefficient (Wildman–Crippen LogP) is 8.29. The molecule has 0 saturated carbocycles. The van der Waals surface area contributed by atoms with E-state index in [4.69, 9.17) is 35.3 Å². The molecule has 3 atom stereocenters. The average molecular weight is 599 g/mol. The highest BCUT2D eigenvalue weighted by Crippen LogP contribution is 2.45. The SMILES string of the molecule is CCOc1ccc(Cc2cc(C3CC(OCc4ccccc4)CC(COCc4ccccc4)O3)c3c(c2Cl)OCC3)cc1. The van der Waals surface area contributed by atoms with E-state index < -0.39 is 0 Å². The van der Waals surface area contributed by atoms with Crippen LogP contribution >= 0.6 is 11.6 Å². The third-order valence-electron chi connectivity index (χ3n) is 8.11. The largest absolute Gasteiger partial charge is 0.494 e. The van der Waals surface area contributed by atoms with Crippen molar-refractivity contribution in [2.75, 3.05) is 19.8 Å². The Morgan fingerprint density at radius 1 is 0.837 bits per heavy atom. The maximum Gasteiger partial charge on any atom is 0.141 e. The van der Waals surface area contributed by atoms with Crippen molar-refractivity contribution < 1.29 is 23.7 Å². The summed E-state index contributed by atoms with van der Waals surface area (Å²) in [7, 11) is 0. The zero-order valence-corrected chi connectivity index (χ0v) is 25.4. The van der Waals surface area contributed by atoms with Crippen molar-refractivity contribution >= 4 is 11.6 Å². The number of rotatable bonds is 12. The summed E-state index contributed by atoms with van der Waals surface area (Å²) >= 11 is 6.96. The summed E-state index contributed by atoms with van der Waals surface area (Å²) in [6.45, 7) is 4.88. The Hall–Kier alpha value is -3.35. The summed E-state index contributed by atoms with van der Waals surface area (Å²) in [6, 6.07) is 31.0. The second-order valence-corrected chi connectivity index (χ2v) is 11.6. The van der Waals surface area contributed by atoms with Gasteiger partial charge >= 0.3 is 0 Å². The summed E-state index contributed by atoms with van der Waals surface area (Å²) in [5.74, 6) is 1.67. The molecular weight excluding hydrogens is 560 g/mol. The molecule has 1 saturated heterocycles. The van der Waals surface area contributed by atoms with Crippen LogP contribution in [-0.2, 0) is 40.3 Å². The summed E-state index contributed by atoms with van der Waals surface area (Å²) in [5.41, 5.74) is 6.82.